The van der Waals surface area contributed by atoms with E-state index in [1.807, 2.05) is 33.2 Å². The van der Waals surface area contributed by atoms with Gasteiger partial charge in [0.1, 0.15) is 11.7 Å². The lowest BCUT2D eigenvalue weighted by Gasteiger charge is -2.36. The minimum Gasteiger partial charge on any atom is -0.362 e. The van der Waals surface area contributed by atoms with Gasteiger partial charge in [-0.1, -0.05) is 30.4 Å². The van der Waals surface area contributed by atoms with E-state index in [9.17, 15) is 0 Å². The van der Waals surface area contributed by atoms with E-state index in [4.69, 9.17) is 4.99 Å². The van der Waals surface area contributed by atoms with Gasteiger partial charge in [0.2, 0.25) is 0 Å². The van der Waals surface area contributed by atoms with Crippen molar-refractivity contribution in [3.05, 3.63) is 47.9 Å². The van der Waals surface area contributed by atoms with Crippen LogP contribution in [0.25, 0.3) is 0 Å². The molecule has 1 unspecified atom stereocenters. The highest BCUT2D eigenvalue weighted by Crippen LogP contribution is 2.27. The second-order valence-electron chi connectivity index (χ2n) is 4.44. The van der Waals surface area contributed by atoms with Crippen LogP contribution in [-0.4, -0.2) is 42.8 Å². The van der Waals surface area contributed by atoms with Crippen molar-refractivity contribution in [2.24, 2.45) is 4.99 Å². The van der Waals surface area contributed by atoms with Gasteiger partial charge in [0.05, 0.1) is 6.04 Å². The van der Waals surface area contributed by atoms with E-state index in [2.05, 4.69) is 41.2 Å². The fraction of sp³-hybridized carbons (Fsp3) is 0.357. The van der Waals surface area contributed by atoms with Crippen molar-refractivity contribution >= 4 is 5.84 Å². The molecule has 1 aliphatic heterocycles. The van der Waals surface area contributed by atoms with E-state index in [-0.39, 0.29) is 0 Å². The standard InChI is InChI=1S/C14H19N3/c1-5-8-13-15-14(16(2)3)11-9-6-7-10-12(11)17(13)4/h5-10,12H,1-4H3/b8-5+. The van der Waals surface area contributed by atoms with E-state index >= 15 is 0 Å². The highest BCUT2D eigenvalue weighted by atomic mass is 15.3. The molecule has 3 heteroatoms. The van der Waals surface area contributed by atoms with Crippen LogP contribution >= 0.6 is 0 Å². The summed E-state index contributed by atoms with van der Waals surface area (Å²) in [5, 5.41) is 0. The summed E-state index contributed by atoms with van der Waals surface area (Å²) in [4.78, 5) is 8.98. The van der Waals surface area contributed by atoms with Crippen LogP contribution in [0.4, 0.5) is 0 Å². The van der Waals surface area contributed by atoms with Crippen molar-refractivity contribution in [2.45, 2.75) is 13.0 Å². The molecule has 0 saturated carbocycles. The zero-order chi connectivity index (χ0) is 12.4. The van der Waals surface area contributed by atoms with Gasteiger partial charge >= 0.3 is 0 Å². The lowest BCUT2D eigenvalue weighted by molar-refractivity contribution is 0.422. The fourth-order valence-electron chi connectivity index (χ4n) is 2.13. The van der Waals surface area contributed by atoms with Crippen LogP contribution in [0.5, 0.6) is 0 Å². The molecule has 0 radical (unpaired) electrons. The van der Waals surface area contributed by atoms with Crippen molar-refractivity contribution in [2.75, 3.05) is 21.1 Å². The first-order valence-corrected chi connectivity index (χ1v) is 5.85. The number of aliphatic imine (C=N–C) groups is 1. The van der Waals surface area contributed by atoms with Crippen LogP contribution in [0.15, 0.2) is 52.8 Å². The molecule has 1 atom stereocenters. The summed E-state index contributed by atoms with van der Waals surface area (Å²) in [6, 6.07) is 0.293. The number of rotatable bonds is 2. The lowest BCUT2D eigenvalue weighted by atomic mass is 9.98. The summed E-state index contributed by atoms with van der Waals surface area (Å²) in [5.41, 5.74) is 1.26. The number of amidine groups is 1. The Bertz CT molecular complexity index is 450. The quantitative estimate of drug-likeness (QED) is 0.722. The van der Waals surface area contributed by atoms with Crippen molar-refractivity contribution < 1.29 is 0 Å². The first-order valence-electron chi connectivity index (χ1n) is 5.85. The van der Waals surface area contributed by atoms with Crippen LogP contribution < -0.4 is 0 Å². The summed E-state index contributed by atoms with van der Waals surface area (Å²) in [7, 11) is 6.15. The van der Waals surface area contributed by atoms with E-state index < -0.39 is 0 Å². The summed E-state index contributed by atoms with van der Waals surface area (Å²) >= 11 is 0. The number of allylic oxidation sites excluding steroid dienone is 3. The van der Waals surface area contributed by atoms with Crippen molar-refractivity contribution in [3.63, 3.8) is 0 Å². The Morgan fingerprint density at radius 3 is 2.76 bits per heavy atom. The van der Waals surface area contributed by atoms with Crippen LogP contribution in [0.3, 0.4) is 0 Å². The first kappa shape index (κ1) is 11.7. The normalized spacial score (nSPS) is 23.2. The lowest BCUT2D eigenvalue weighted by Crippen LogP contribution is -2.41. The molecule has 0 spiro atoms. The van der Waals surface area contributed by atoms with Gasteiger partial charge in [-0.25, -0.2) is 4.99 Å². The first-order chi connectivity index (χ1) is 8.15. The number of hydrogen-bond donors (Lipinski definition) is 0. The second-order valence-corrected chi connectivity index (χ2v) is 4.44. The zero-order valence-corrected chi connectivity index (χ0v) is 10.9. The van der Waals surface area contributed by atoms with Gasteiger partial charge in [-0.05, 0) is 13.0 Å². The van der Waals surface area contributed by atoms with Crippen LogP contribution in [0, 0.1) is 0 Å². The molecular formula is C14H19N3. The highest BCUT2D eigenvalue weighted by Gasteiger charge is 2.27. The third kappa shape index (κ3) is 2.05. The summed E-state index contributed by atoms with van der Waals surface area (Å²) in [6.45, 7) is 2.02. The van der Waals surface area contributed by atoms with Gasteiger partial charge in [-0.15, -0.1) is 0 Å². The Kier molecular flexibility index (Phi) is 3.18. The molecule has 17 heavy (non-hydrogen) atoms. The molecule has 0 fully saturated rings. The van der Waals surface area contributed by atoms with E-state index in [1.54, 1.807) is 0 Å². The average Bonchev–Trinajstić information content (AvgIpc) is 2.32. The fourth-order valence-corrected chi connectivity index (χ4v) is 2.13. The Morgan fingerprint density at radius 2 is 2.12 bits per heavy atom. The van der Waals surface area contributed by atoms with Crippen LogP contribution in [0.1, 0.15) is 6.92 Å². The summed E-state index contributed by atoms with van der Waals surface area (Å²) < 4.78 is 0. The molecule has 0 saturated heterocycles. The zero-order valence-electron chi connectivity index (χ0n) is 10.9. The molecule has 0 aromatic heterocycles. The Morgan fingerprint density at radius 1 is 1.35 bits per heavy atom. The number of hydrogen-bond acceptors (Lipinski definition) is 3. The van der Waals surface area contributed by atoms with Crippen molar-refractivity contribution in [3.8, 4) is 0 Å². The molecule has 2 rings (SSSR count). The van der Waals surface area contributed by atoms with Gasteiger partial charge in [0.15, 0.2) is 0 Å². The topological polar surface area (TPSA) is 18.8 Å². The summed E-state index contributed by atoms with van der Waals surface area (Å²) in [5.74, 6) is 2.05. The largest absolute Gasteiger partial charge is 0.362 e. The van der Waals surface area contributed by atoms with Crippen molar-refractivity contribution in [1.82, 2.24) is 9.80 Å². The SMILES string of the molecule is C/C=C/C1=NC(N(C)C)=C2C=CC=CC2N1C. The molecule has 2 aliphatic rings. The van der Waals surface area contributed by atoms with Gasteiger partial charge < -0.3 is 9.80 Å². The summed E-state index contributed by atoms with van der Waals surface area (Å²) in [6.07, 6.45) is 12.6. The maximum absolute atomic E-state index is 4.71. The maximum atomic E-state index is 4.71. The third-order valence-corrected chi connectivity index (χ3v) is 3.00. The van der Waals surface area contributed by atoms with Gasteiger partial charge in [-0.3, -0.25) is 0 Å². The maximum Gasteiger partial charge on any atom is 0.136 e. The molecule has 0 amide bonds. The Hall–Kier alpha value is -1.77. The Labute approximate surface area is 103 Å². The second kappa shape index (κ2) is 4.62. The van der Waals surface area contributed by atoms with Crippen LogP contribution in [0.2, 0.25) is 0 Å². The molecule has 90 valence electrons. The Balaban J connectivity index is 2.51. The predicted octanol–water partition coefficient (Wildman–Crippen LogP) is 2.17. The van der Waals surface area contributed by atoms with Crippen LogP contribution in [-0.2, 0) is 0 Å². The number of nitrogens with zero attached hydrogens (tertiary/aromatic N) is 3. The van der Waals surface area contributed by atoms with E-state index in [1.165, 1.54) is 5.57 Å². The minimum atomic E-state index is 0.293. The minimum absolute atomic E-state index is 0.293. The van der Waals surface area contributed by atoms with E-state index in [0.29, 0.717) is 6.04 Å². The number of fused-ring (bicyclic) bond motifs is 1. The highest BCUT2D eigenvalue weighted by molar-refractivity contribution is 5.95. The van der Waals surface area contributed by atoms with Gasteiger partial charge in [0.25, 0.3) is 0 Å². The van der Waals surface area contributed by atoms with E-state index in [0.717, 1.165) is 11.7 Å². The molecule has 0 bridgehead atoms. The number of likely N-dealkylation sites (N-methyl/N-ethyl adjacent to an activating group) is 1. The molecular weight excluding hydrogens is 210 g/mol. The van der Waals surface area contributed by atoms with Gasteiger partial charge in [-0.2, -0.15) is 0 Å². The smallest absolute Gasteiger partial charge is 0.136 e. The molecule has 3 nitrogen and oxygen atoms in total. The van der Waals surface area contributed by atoms with Crippen molar-refractivity contribution in [1.29, 1.82) is 0 Å². The average molecular weight is 229 g/mol. The molecule has 0 N–H and O–H groups in total. The third-order valence-electron chi connectivity index (χ3n) is 3.00. The molecule has 1 aliphatic carbocycles. The molecule has 0 aromatic carbocycles. The molecule has 1 heterocycles. The monoisotopic (exact) mass is 229 g/mol. The molecule has 0 aromatic rings. The predicted molar refractivity (Wildman–Crippen MR) is 72.8 cm³/mol. The van der Waals surface area contributed by atoms with Gasteiger partial charge in [0, 0.05) is 26.7 Å².